The molecule has 1 aliphatic heterocycles. The van der Waals surface area contributed by atoms with Gasteiger partial charge in [0.1, 0.15) is 22.8 Å². The molecule has 1 saturated heterocycles. The summed E-state index contributed by atoms with van der Waals surface area (Å²) in [5.41, 5.74) is -1.83. The van der Waals surface area contributed by atoms with Gasteiger partial charge in [-0.1, -0.05) is 75.0 Å². The van der Waals surface area contributed by atoms with Gasteiger partial charge in [-0.25, -0.2) is 8.78 Å². The van der Waals surface area contributed by atoms with Crippen molar-refractivity contribution in [1.29, 1.82) is 5.26 Å². The van der Waals surface area contributed by atoms with Crippen molar-refractivity contribution in [3.05, 3.63) is 69.2 Å². The zero-order chi connectivity index (χ0) is 29.0. The quantitative estimate of drug-likeness (QED) is 0.267. The van der Waals surface area contributed by atoms with Crippen LogP contribution in [0.2, 0.25) is 10.0 Å². The maximum Gasteiger partial charge on any atom is 0.150 e. The van der Waals surface area contributed by atoms with E-state index in [9.17, 15) is 15.2 Å². The Hall–Kier alpha value is -2.08. The molecule has 1 aliphatic rings. The van der Waals surface area contributed by atoms with Gasteiger partial charge in [-0.15, -0.1) is 0 Å². The Balaban J connectivity index is 2.26. The molecular formula is C30H36Cl2F2N2O3. The van der Waals surface area contributed by atoms with E-state index in [0.29, 0.717) is 6.42 Å². The summed E-state index contributed by atoms with van der Waals surface area (Å²) in [6.45, 7) is 5.74. The lowest BCUT2D eigenvalue weighted by Gasteiger charge is -2.39. The number of hydrogen-bond donors (Lipinski definition) is 3. The second kappa shape index (κ2) is 13.1. The van der Waals surface area contributed by atoms with Crippen LogP contribution in [0.1, 0.15) is 76.3 Å². The van der Waals surface area contributed by atoms with E-state index in [1.54, 1.807) is 6.07 Å². The van der Waals surface area contributed by atoms with Crippen LogP contribution in [-0.2, 0) is 10.2 Å². The van der Waals surface area contributed by atoms with Crippen molar-refractivity contribution in [1.82, 2.24) is 5.32 Å². The molecule has 3 N–H and O–H groups in total. The van der Waals surface area contributed by atoms with Gasteiger partial charge >= 0.3 is 0 Å². The van der Waals surface area contributed by atoms with Crippen molar-refractivity contribution >= 4 is 29.0 Å². The molecule has 5 nitrogen and oxygen atoms in total. The number of carbonyl (C=O) groups is 1. The Bertz CT molecular complexity index is 1220. The van der Waals surface area contributed by atoms with Gasteiger partial charge in [0.25, 0.3) is 0 Å². The molecule has 9 heteroatoms. The summed E-state index contributed by atoms with van der Waals surface area (Å²) in [4.78, 5) is 13.7. The second-order valence-corrected chi connectivity index (χ2v) is 11.7. The Labute approximate surface area is 239 Å². The summed E-state index contributed by atoms with van der Waals surface area (Å²) < 4.78 is 31.4. The standard InChI is InChI=1S/C30H36Cl2F2N2O3/c1-4-29(3,5-2)15-25-30(17-35,21-13-12-18(31)14-23(21)33)26(20-9-7-10-22(32)27(20)34)28(36-25)24(39)11-6-8-19(38)16-37/h7,9-10,12-14,19,25-26,28,36-38H,4-6,8,11,15-16H2,1-3H3/t19-,25-,26-,28-,30-/m0/s1. The third-order valence-electron chi connectivity index (χ3n) is 8.55. The number of benzene rings is 2. The Morgan fingerprint density at radius 2 is 1.92 bits per heavy atom. The van der Waals surface area contributed by atoms with E-state index in [0.717, 1.165) is 18.9 Å². The number of Topliss-reactive ketones (excluding diaryl/α,β-unsaturated/α-hetero) is 1. The summed E-state index contributed by atoms with van der Waals surface area (Å²) in [5.74, 6) is -2.87. The van der Waals surface area contributed by atoms with Gasteiger partial charge in [0.05, 0.1) is 29.8 Å². The number of aliphatic hydroxyl groups excluding tert-OH is 2. The second-order valence-electron chi connectivity index (χ2n) is 10.8. The topological polar surface area (TPSA) is 93.3 Å². The molecule has 1 heterocycles. The first-order valence-corrected chi connectivity index (χ1v) is 14.1. The number of aliphatic hydroxyl groups is 2. The van der Waals surface area contributed by atoms with Gasteiger partial charge in [0, 0.05) is 29.0 Å². The molecule has 1 fully saturated rings. The summed E-state index contributed by atoms with van der Waals surface area (Å²) in [5, 5.41) is 33.2. The van der Waals surface area contributed by atoms with Crippen LogP contribution in [0.15, 0.2) is 36.4 Å². The number of carbonyl (C=O) groups excluding carboxylic acids is 1. The van der Waals surface area contributed by atoms with Crippen LogP contribution in [0, 0.1) is 28.4 Å². The molecule has 0 bridgehead atoms. The zero-order valence-corrected chi connectivity index (χ0v) is 24.0. The fourth-order valence-corrected chi connectivity index (χ4v) is 6.13. The molecule has 0 saturated carbocycles. The summed E-state index contributed by atoms with van der Waals surface area (Å²) in [6.07, 6.45) is 1.53. The highest BCUT2D eigenvalue weighted by Crippen LogP contribution is 2.53. The predicted octanol–water partition coefficient (Wildman–Crippen LogP) is 6.47. The molecule has 0 spiro atoms. The first-order chi connectivity index (χ1) is 18.5. The third kappa shape index (κ3) is 6.31. The highest BCUT2D eigenvalue weighted by molar-refractivity contribution is 6.31. The minimum atomic E-state index is -1.67. The number of hydrogen-bond acceptors (Lipinski definition) is 5. The van der Waals surface area contributed by atoms with Gasteiger partial charge < -0.3 is 15.5 Å². The summed E-state index contributed by atoms with van der Waals surface area (Å²) in [7, 11) is 0. The Morgan fingerprint density at radius 1 is 1.23 bits per heavy atom. The van der Waals surface area contributed by atoms with Crippen LogP contribution in [-0.4, -0.2) is 40.8 Å². The van der Waals surface area contributed by atoms with Crippen LogP contribution in [0.3, 0.4) is 0 Å². The van der Waals surface area contributed by atoms with E-state index in [4.69, 9.17) is 28.3 Å². The molecule has 0 aromatic heterocycles. The van der Waals surface area contributed by atoms with Crippen molar-refractivity contribution in [2.24, 2.45) is 5.41 Å². The van der Waals surface area contributed by atoms with Crippen molar-refractivity contribution in [2.45, 2.75) is 88.8 Å². The zero-order valence-electron chi connectivity index (χ0n) is 22.5. The lowest BCUT2D eigenvalue weighted by molar-refractivity contribution is -0.121. The first-order valence-electron chi connectivity index (χ1n) is 13.4. The average Bonchev–Trinajstić information content (AvgIpc) is 3.23. The van der Waals surface area contributed by atoms with E-state index in [2.05, 4.69) is 18.3 Å². The molecule has 2 aromatic carbocycles. The fraction of sp³-hybridized carbons (Fsp3) is 0.533. The lowest BCUT2D eigenvalue weighted by Crippen LogP contribution is -2.45. The molecular weight excluding hydrogens is 545 g/mol. The monoisotopic (exact) mass is 580 g/mol. The molecule has 0 radical (unpaired) electrons. The minimum Gasteiger partial charge on any atom is -0.394 e. The number of rotatable bonds is 12. The van der Waals surface area contributed by atoms with E-state index in [-0.39, 0.29) is 51.6 Å². The molecule has 0 unspecified atom stereocenters. The number of halogens is 4. The molecule has 0 amide bonds. The van der Waals surface area contributed by atoms with Crippen LogP contribution >= 0.6 is 23.2 Å². The molecule has 5 atom stereocenters. The first kappa shape index (κ1) is 31.4. The van der Waals surface area contributed by atoms with Crippen molar-refractivity contribution in [3.63, 3.8) is 0 Å². The minimum absolute atomic E-state index is 0.0174. The van der Waals surface area contributed by atoms with Crippen LogP contribution in [0.5, 0.6) is 0 Å². The number of nitrogens with one attached hydrogen (secondary N) is 1. The highest BCUT2D eigenvalue weighted by atomic mass is 35.5. The maximum atomic E-state index is 15.7. The van der Waals surface area contributed by atoms with Gasteiger partial charge in [0.15, 0.2) is 0 Å². The van der Waals surface area contributed by atoms with E-state index >= 15 is 8.78 Å². The number of nitrogens with zero attached hydrogens (tertiary/aromatic N) is 1. The van der Waals surface area contributed by atoms with E-state index in [1.807, 2.05) is 13.8 Å². The predicted molar refractivity (Wildman–Crippen MR) is 149 cm³/mol. The highest BCUT2D eigenvalue weighted by Gasteiger charge is 2.61. The fourth-order valence-electron chi connectivity index (χ4n) is 5.79. The maximum absolute atomic E-state index is 15.7. The summed E-state index contributed by atoms with van der Waals surface area (Å²) >= 11 is 12.2. The van der Waals surface area contributed by atoms with Gasteiger partial charge in [-0.2, -0.15) is 5.26 Å². The molecule has 2 aromatic rings. The van der Waals surface area contributed by atoms with Crippen molar-refractivity contribution < 1.29 is 23.8 Å². The summed E-state index contributed by atoms with van der Waals surface area (Å²) in [6, 6.07) is 9.12. The Kier molecular flexibility index (Phi) is 10.5. The SMILES string of the molecule is CCC(C)(CC)C[C@@H]1N[C@@H](C(=O)CCC[C@H](O)CO)[C@H](c2cccc(Cl)c2F)[C@@]1(C#N)c1ccc(Cl)cc1F. The lowest BCUT2D eigenvalue weighted by atomic mass is 9.61. The number of ketones is 1. The van der Waals surface area contributed by atoms with Gasteiger partial charge in [-0.05, 0) is 48.4 Å². The van der Waals surface area contributed by atoms with Gasteiger partial charge in [0.2, 0.25) is 0 Å². The molecule has 3 rings (SSSR count). The van der Waals surface area contributed by atoms with Crippen LogP contribution in [0.4, 0.5) is 8.78 Å². The third-order valence-corrected chi connectivity index (χ3v) is 9.08. The van der Waals surface area contributed by atoms with Crippen molar-refractivity contribution in [3.8, 4) is 6.07 Å². The average molecular weight is 582 g/mol. The van der Waals surface area contributed by atoms with E-state index < -0.39 is 47.8 Å². The molecule has 0 aliphatic carbocycles. The molecule has 212 valence electrons. The van der Waals surface area contributed by atoms with E-state index in [1.165, 1.54) is 24.3 Å². The largest absolute Gasteiger partial charge is 0.394 e. The van der Waals surface area contributed by atoms with Gasteiger partial charge in [-0.3, -0.25) is 4.79 Å². The Morgan fingerprint density at radius 3 is 2.51 bits per heavy atom. The normalized spacial score (nSPS) is 23.9. The van der Waals surface area contributed by atoms with Crippen LogP contribution < -0.4 is 5.32 Å². The molecule has 39 heavy (non-hydrogen) atoms. The number of nitriles is 1. The van der Waals surface area contributed by atoms with Crippen molar-refractivity contribution in [2.75, 3.05) is 6.61 Å². The van der Waals surface area contributed by atoms with Crippen LogP contribution in [0.25, 0.3) is 0 Å². The smallest absolute Gasteiger partial charge is 0.150 e.